The number of carbonyl (C=O) groups is 2. The van der Waals surface area contributed by atoms with Crippen molar-refractivity contribution in [2.24, 2.45) is 0 Å². The average molecular weight is 327 g/mol. The normalized spacial score (nSPS) is 33.6. The van der Waals surface area contributed by atoms with E-state index in [-0.39, 0.29) is 42.5 Å². The fraction of sp³-hybridized carbons (Fsp3) is 0.875. The molecule has 2 aliphatic rings. The lowest BCUT2D eigenvalue weighted by molar-refractivity contribution is -0.141. The Labute approximate surface area is 138 Å². The molecule has 23 heavy (non-hydrogen) atoms. The molecule has 2 saturated heterocycles. The molecule has 2 N–H and O–H groups in total. The van der Waals surface area contributed by atoms with Gasteiger partial charge in [0.05, 0.1) is 18.5 Å². The Morgan fingerprint density at radius 1 is 1.43 bits per heavy atom. The molecule has 0 aromatic carbocycles. The van der Waals surface area contributed by atoms with Gasteiger partial charge < -0.3 is 14.7 Å². The molecule has 2 rings (SSSR count). The highest BCUT2D eigenvalue weighted by Crippen LogP contribution is 2.22. The van der Waals surface area contributed by atoms with Crippen LogP contribution >= 0.6 is 0 Å². The van der Waals surface area contributed by atoms with Crippen LogP contribution < -0.4 is 5.32 Å². The molecule has 2 fully saturated rings. The smallest absolute Gasteiger partial charge is 0.307 e. The molecule has 2 aliphatic heterocycles. The Kier molecular flexibility index (Phi) is 6.00. The van der Waals surface area contributed by atoms with Gasteiger partial charge in [-0.3, -0.25) is 19.8 Å². The predicted molar refractivity (Wildman–Crippen MR) is 85.6 cm³/mol. The molecule has 5 atom stereocenters. The maximum absolute atomic E-state index is 11.8. The zero-order valence-electron chi connectivity index (χ0n) is 14.5. The topological polar surface area (TPSA) is 82.1 Å². The van der Waals surface area contributed by atoms with Gasteiger partial charge in [-0.1, -0.05) is 13.8 Å². The van der Waals surface area contributed by atoms with Crippen LogP contribution in [0.15, 0.2) is 0 Å². The zero-order chi connectivity index (χ0) is 17.1. The van der Waals surface area contributed by atoms with E-state index in [1.165, 1.54) is 0 Å². The average Bonchev–Trinajstić information content (AvgIpc) is 2.83. The Hall–Kier alpha value is -1.18. The minimum Gasteiger partial charge on any atom is -0.461 e. The van der Waals surface area contributed by atoms with Gasteiger partial charge in [-0.15, -0.1) is 0 Å². The van der Waals surface area contributed by atoms with E-state index in [0.717, 1.165) is 13.0 Å². The summed E-state index contributed by atoms with van der Waals surface area (Å²) in [6.45, 7) is 9.55. The maximum Gasteiger partial charge on any atom is 0.307 e. The number of ether oxygens (including phenoxy) is 1. The first-order valence-electron chi connectivity index (χ1n) is 8.52. The summed E-state index contributed by atoms with van der Waals surface area (Å²) in [6, 6.07) is -0.146. The number of nitrogens with one attached hydrogen (secondary N) is 1. The fourth-order valence-corrected chi connectivity index (χ4v) is 3.64. The molecule has 1 amide bonds. The number of amides is 1. The molecule has 7 heteroatoms. The number of nitrogens with zero attached hydrogens (tertiary/aromatic N) is 2. The lowest BCUT2D eigenvalue weighted by Crippen LogP contribution is -2.66. The molecule has 0 aliphatic carbocycles. The summed E-state index contributed by atoms with van der Waals surface area (Å²) in [5.74, 6) is -0.209. The lowest BCUT2D eigenvalue weighted by atomic mass is 10.0. The molecule has 0 spiro atoms. The van der Waals surface area contributed by atoms with E-state index in [1.54, 1.807) is 11.8 Å². The molecular formula is C16H29N3O4. The summed E-state index contributed by atoms with van der Waals surface area (Å²) in [4.78, 5) is 27.2. The summed E-state index contributed by atoms with van der Waals surface area (Å²) < 4.78 is 5.13. The van der Waals surface area contributed by atoms with Crippen LogP contribution in [0.2, 0.25) is 0 Å². The van der Waals surface area contributed by atoms with Crippen LogP contribution in [-0.2, 0) is 14.3 Å². The Morgan fingerprint density at radius 3 is 2.61 bits per heavy atom. The molecule has 0 aromatic heterocycles. The van der Waals surface area contributed by atoms with Gasteiger partial charge in [-0.05, 0) is 19.9 Å². The second-order valence-corrected chi connectivity index (χ2v) is 6.50. The highest BCUT2D eigenvalue weighted by molar-refractivity contribution is 5.73. The number of rotatable bonds is 5. The Balaban J connectivity index is 2.09. The van der Waals surface area contributed by atoms with Crippen molar-refractivity contribution in [2.45, 2.75) is 71.0 Å². The van der Waals surface area contributed by atoms with Crippen LogP contribution in [-0.4, -0.2) is 76.9 Å². The van der Waals surface area contributed by atoms with Gasteiger partial charge in [-0.2, -0.15) is 0 Å². The van der Waals surface area contributed by atoms with E-state index in [1.807, 2.05) is 6.92 Å². The van der Waals surface area contributed by atoms with Gasteiger partial charge in [0.25, 0.3) is 0 Å². The summed E-state index contributed by atoms with van der Waals surface area (Å²) in [7, 11) is 0. The molecule has 132 valence electrons. The minimum atomic E-state index is -0.812. The summed E-state index contributed by atoms with van der Waals surface area (Å²) in [6.07, 6.45) is 0.127. The molecule has 0 aromatic rings. The van der Waals surface area contributed by atoms with Crippen molar-refractivity contribution in [3.63, 3.8) is 0 Å². The van der Waals surface area contributed by atoms with Crippen LogP contribution in [0.1, 0.15) is 40.5 Å². The van der Waals surface area contributed by atoms with Crippen molar-refractivity contribution >= 4 is 11.9 Å². The van der Waals surface area contributed by atoms with E-state index in [9.17, 15) is 14.7 Å². The van der Waals surface area contributed by atoms with Crippen molar-refractivity contribution in [3.05, 3.63) is 0 Å². The Morgan fingerprint density at radius 2 is 2.13 bits per heavy atom. The van der Waals surface area contributed by atoms with E-state index in [0.29, 0.717) is 13.1 Å². The first-order valence-corrected chi connectivity index (χ1v) is 8.52. The van der Waals surface area contributed by atoms with Crippen LogP contribution in [0.3, 0.4) is 0 Å². The third kappa shape index (κ3) is 4.02. The maximum atomic E-state index is 11.8. The molecule has 7 nitrogen and oxygen atoms in total. The number of esters is 1. The third-order valence-corrected chi connectivity index (χ3v) is 5.04. The molecule has 0 saturated carbocycles. The van der Waals surface area contributed by atoms with Crippen LogP contribution in [0.4, 0.5) is 0 Å². The standard InChI is InChI=1S/C16H29N3O4/c1-5-12-8-18(11(4)20)9-14(19(12)6-2)16(22)17-13-7-15(21)23-10(13)3/h10,12-14,16-17,22H,5-9H2,1-4H3. The number of hydrogen-bond donors (Lipinski definition) is 2. The van der Waals surface area contributed by atoms with Crippen molar-refractivity contribution in [1.82, 2.24) is 15.1 Å². The predicted octanol–water partition coefficient (Wildman–Crippen LogP) is -0.0704. The SMILES string of the molecule is CCC1CN(C(C)=O)CC(C(O)NC2CC(=O)OC2C)N1CC. The number of aliphatic hydroxyl groups excluding tert-OH is 1. The van der Waals surface area contributed by atoms with Gasteiger partial charge >= 0.3 is 5.97 Å². The van der Waals surface area contributed by atoms with Gasteiger partial charge in [-0.25, -0.2) is 0 Å². The number of hydrogen-bond acceptors (Lipinski definition) is 6. The molecule has 0 radical (unpaired) electrons. The first-order chi connectivity index (χ1) is 10.9. The lowest BCUT2D eigenvalue weighted by Gasteiger charge is -2.48. The summed E-state index contributed by atoms with van der Waals surface area (Å²) in [5, 5.41) is 13.8. The summed E-state index contributed by atoms with van der Waals surface area (Å²) >= 11 is 0. The third-order valence-electron chi connectivity index (χ3n) is 5.04. The largest absolute Gasteiger partial charge is 0.461 e. The number of likely N-dealkylation sites (N-methyl/N-ethyl adjacent to an activating group) is 1. The van der Waals surface area contributed by atoms with Crippen LogP contribution in [0.5, 0.6) is 0 Å². The molecule has 2 heterocycles. The van der Waals surface area contributed by atoms with Crippen LogP contribution in [0, 0.1) is 0 Å². The Bertz CT molecular complexity index is 445. The molecule has 0 bridgehead atoms. The van der Waals surface area contributed by atoms with Crippen molar-refractivity contribution in [1.29, 1.82) is 0 Å². The van der Waals surface area contributed by atoms with Gasteiger partial charge in [0.1, 0.15) is 12.3 Å². The van der Waals surface area contributed by atoms with Crippen molar-refractivity contribution < 1.29 is 19.4 Å². The van der Waals surface area contributed by atoms with Crippen LogP contribution in [0.25, 0.3) is 0 Å². The van der Waals surface area contributed by atoms with Crippen molar-refractivity contribution in [2.75, 3.05) is 19.6 Å². The number of cyclic esters (lactones) is 1. The fourth-order valence-electron chi connectivity index (χ4n) is 3.64. The first kappa shape index (κ1) is 18.2. The van der Waals surface area contributed by atoms with Gasteiger partial charge in [0.15, 0.2) is 0 Å². The van der Waals surface area contributed by atoms with Crippen molar-refractivity contribution in [3.8, 4) is 0 Å². The second-order valence-electron chi connectivity index (χ2n) is 6.50. The molecule has 5 unspecified atom stereocenters. The molecular weight excluding hydrogens is 298 g/mol. The van der Waals surface area contributed by atoms with Gasteiger partial charge in [0, 0.05) is 26.1 Å². The number of piperazine rings is 1. The second kappa shape index (κ2) is 7.59. The monoisotopic (exact) mass is 327 g/mol. The quantitative estimate of drug-likeness (QED) is 0.543. The van der Waals surface area contributed by atoms with Gasteiger partial charge in [0.2, 0.25) is 5.91 Å². The highest BCUT2D eigenvalue weighted by atomic mass is 16.6. The van der Waals surface area contributed by atoms with E-state index >= 15 is 0 Å². The minimum absolute atomic E-state index is 0.0316. The number of aliphatic hydroxyl groups is 1. The number of carbonyl (C=O) groups excluding carboxylic acids is 2. The summed E-state index contributed by atoms with van der Waals surface area (Å²) in [5.41, 5.74) is 0. The van der Waals surface area contributed by atoms with E-state index in [4.69, 9.17) is 4.74 Å². The highest BCUT2D eigenvalue weighted by Gasteiger charge is 2.40. The zero-order valence-corrected chi connectivity index (χ0v) is 14.5. The van der Waals surface area contributed by atoms with E-state index in [2.05, 4.69) is 24.1 Å². The van der Waals surface area contributed by atoms with E-state index < -0.39 is 6.23 Å².